The molecule has 2 unspecified atom stereocenters. The third kappa shape index (κ3) is 3.67. The Bertz CT molecular complexity index is 395. The monoisotopic (exact) mass is 293 g/mol. The van der Waals surface area contributed by atoms with E-state index in [9.17, 15) is 13.2 Å². The number of esters is 1. The summed E-state index contributed by atoms with van der Waals surface area (Å²) in [6.45, 7) is 2.36. The van der Waals surface area contributed by atoms with Crippen LogP contribution >= 0.6 is 0 Å². The lowest BCUT2D eigenvalue weighted by Crippen LogP contribution is -2.43. The molecule has 1 aliphatic rings. The van der Waals surface area contributed by atoms with E-state index in [-0.39, 0.29) is 6.61 Å². The first-order valence-corrected chi connectivity index (χ1v) is 8.17. The summed E-state index contributed by atoms with van der Waals surface area (Å²) in [6.07, 6.45) is 2.19. The molecule has 0 spiro atoms. The number of aliphatic hydroxyl groups is 1. The zero-order valence-electron chi connectivity index (χ0n) is 11.5. The maximum absolute atomic E-state index is 12.5. The normalized spacial score (nSPS) is 23.8. The van der Waals surface area contributed by atoms with Gasteiger partial charge in [0, 0.05) is 19.7 Å². The summed E-state index contributed by atoms with van der Waals surface area (Å²) in [4.78, 5) is 11.7. The number of methoxy groups -OCH3 is 1. The number of sulfonamides is 1. The second kappa shape index (κ2) is 7.21. The Kier molecular flexibility index (Phi) is 6.22. The minimum absolute atomic E-state index is 0.0445. The van der Waals surface area contributed by atoms with E-state index in [1.807, 2.05) is 0 Å². The first kappa shape index (κ1) is 16.4. The van der Waals surface area contributed by atoms with E-state index in [4.69, 9.17) is 9.84 Å². The molecule has 19 heavy (non-hydrogen) atoms. The molecule has 6 nitrogen and oxygen atoms in total. The van der Waals surface area contributed by atoms with E-state index >= 15 is 0 Å². The highest BCUT2D eigenvalue weighted by Crippen LogP contribution is 2.33. The Labute approximate surface area is 114 Å². The molecule has 0 radical (unpaired) electrons. The molecular weight excluding hydrogens is 270 g/mol. The number of carbonyl (C=O) groups excluding carboxylic acids is 1. The Morgan fingerprint density at radius 2 is 2.11 bits per heavy atom. The predicted octanol–water partition coefficient (Wildman–Crippen LogP) is 0.362. The molecule has 0 aromatic rings. The summed E-state index contributed by atoms with van der Waals surface area (Å²) < 4.78 is 31.1. The van der Waals surface area contributed by atoms with E-state index in [2.05, 4.69) is 0 Å². The first-order valence-electron chi connectivity index (χ1n) is 6.66. The van der Waals surface area contributed by atoms with Crippen molar-refractivity contribution in [1.29, 1.82) is 0 Å². The van der Waals surface area contributed by atoms with Crippen LogP contribution in [0.3, 0.4) is 0 Å². The molecule has 0 heterocycles. The highest BCUT2D eigenvalue weighted by Gasteiger charge is 2.44. The summed E-state index contributed by atoms with van der Waals surface area (Å²) in [5.74, 6) is -0.998. The molecule has 1 rings (SSSR count). The van der Waals surface area contributed by atoms with Crippen LogP contribution in [0.5, 0.6) is 0 Å². The highest BCUT2D eigenvalue weighted by molar-refractivity contribution is 7.89. The Hall–Kier alpha value is -0.660. The largest absolute Gasteiger partial charge is 0.469 e. The number of rotatable bonds is 7. The van der Waals surface area contributed by atoms with Crippen molar-refractivity contribution in [2.24, 2.45) is 5.92 Å². The molecule has 0 aliphatic heterocycles. The fourth-order valence-electron chi connectivity index (χ4n) is 2.61. The molecule has 112 valence electrons. The van der Waals surface area contributed by atoms with Crippen LogP contribution in [0.1, 0.15) is 32.6 Å². The van der Waals surface area contributed by atoms with Crippen LogP contribution in [-0.2, 0) is 19.6 Å². The molecule has 0 saturated heterocycles. The standard InChI is InChI=1S/C12H23NO5S/c1-3-13(8-5-9-14)19(16,17)11-7-4-6-10(11)12(15)18-2/h10-11,14H,3-9H2,1-2H3. The summed E-state index contributed by atoms with van der Waals surface area (Å²) >= 11 is 0. The van der Waals surface area contributed by atoms with Gasteiger partial charge in [-0.05, 0) is 19.3 Å². The minimum atomic E-state index is -3.51. The molecular formula is C12H23NO5S. The average molecular weight is 293 g/mol. The van der Waals surface area contributed by atoms with Crippen LogP contribution in [-0.4, -0.2) is 55.9 Å². The summed E-state index contributed by atoms with van der Waals surface area (Å²) in [7, 11) is -2.22. The van der Waals surface area contributed by atoms with Crippen LogP contribution in [0.25, 0.3) is 0 Å². The SMILES string of the molecule is CCN(CCCO)S(=O)(=O)C1CCCC1C(=O)OC. The van der Waals surface area contributed by atoms with Crippen molar-refractivity contribution in [2.45, 2.75) is 37.9 Å². The summed E-state index contributed by atoms with van der Waals surface area (Å²) in [5.41, 5.74) is 0. The molecule has 0 aromatic heterocycles. The fraction of sp³-hybridized carbons (Fsp3) is 0.917. The van der Waals surface area contributed by atoms with E-state index in [0.717, 1.165) is 6.42 Å². The van der Waals surface area contributed by atoms with Crippen molar-refractivity contribution in [1.82, 2.24) is 4.31 Å². The van der Waals surface area contributed by atoms with Crippen LogP contribution < -0.4 is 0 Å². The fourth-order valence-corrected chi connectivity index (χ4v) is 4.86. The number of hydrogen-bond donors (Lipinski definition) is 1. The number of hydrogen-bond acceptors (Lipinski definition) is 5. The number of nitrogens with zero attached hydrogens (tertiary/aromatic N) is 1. The Balaban J connectivity index is 2.87. The van der Waals surface area contributed by atoms with Gasteiger partial charge in [-0.1, -0.05) is 13.3 Å². The van der Waals surface area contributed by atoms with Crippen molar-refractivity contribution < 1.29 is 23.1 Å². The topological polar surface area (TPSA) is 83.9 Å². The molecule has 1 saturated carbocycles. The third-order valence-corrected chi connectivity index (χ3v) is 6.11. The van der Waals surface area contributed by atoms with Crippen LogP contribution in [0.2, 0.25) is 0 Å². The number of carbonyl (C=O) groups is 1. The van der Waals surface area contributed by atoms with Gasteiger partial charge in [0.05, 0.1) is 18.3 Å². The molecule has 1 N–H and O–H groups in total. The van der Waals surface area contributed by atoms with Crippen molar-refractivity contribution in [3.63, 3.8) is 0 Å². The zero-order chi connectivity index (χ0) is 14.5. The van der Waals surface area contributed by atoms with Crippen LogP contribution in [0.15, 0.2) is 0 Å². The van der Waals surface area contributed by atoms with Crippen molar-refractivity contribution in [3.05, 3.63) is 0 Å². The zero-order valence-corrected chi connectivity index (χ0v) is 12.4. The second-order valence-electron chi connectivity index (χ2n) is 4.71. The molecule has 7 heteroatoms. The molecule has 0 aromatic carbocycles. The maximum Gasteiger partial charge on any atom is 0.310 e. The minimum Gasteiger partial charge on any atom is -0.469 e. The van der Waals surface area contributed by atoms with E-state index in [0.29, 0.717) is 32.4 Å². The van der Waals surface area contributed by atoms with E-state index in [1.54, 1.807) is 6.92 Å². The Morgan fingerprint density at radius 3 is 2.63 bits per heavy atom. The average Bonchev–Trinajstić information content (AvgIpc) is 2.88. The third-order valence-electron chi connectivity index (χ3n) is 3.62. The van der Waals surface area contributed by atoms with Gasteiger partial charge in [0.25, 0.3) is 0 Å². The lowest BCUT2D eigenvalue weighted by atomic mass is 10.1. The highest BCUT2D eigenvalue weighted by atomic mass is 32.2. The van der Waals surface area contributed by atoms with Gasteiger partial charge in [-0.2, -0.15) is 0 Å². The second-order valence-corrected chi connectivity index (χ2v) is 6.86. The molecule has 0 bridgehead atoms. The maximum atomic E-state index is 12.5. The smallest absolute Gasteiger partial charge is 0.310 e. The van der Waals surface area contributed by atoms with Gasteiger partial charge in [-0.3, -0.25) is 4.79 Å². The van der Waals surface area contributed by atoms with Gasteiger partial charge >= 0.3 is 5.97 Å². The van der Waals surface area contributed by atoms with Crippen molar-refractivity contribution in [2.75, 3.05) is 26.8 Å². The van der Waals surface area contributed by atoms with E-state index in [1.165, 1.54) is 11.4 Å². The van der Waals surface area contributed by atoms with E-state index < -0.39 is 27.2 Å². The predicted molar refractivity (Wildman–Crippen MR) is 71.0 cm³/mol. The molecule has 0 amide bonds. The number of aliphatic hydroxyl groups excluding tert-OH is 1. The lowest BCUT2D eigenvalue weighted by Gasteiger charge is -2.26. The first-order chi connectivity index (χ1) is 8.98. The van der Waals surface area contributed by atoms with Gasteiger partial charge < -0.3 is 9.84 Å². The van der Waals surface area contributed by atoms with Gasteiger partial charge in [-0.25, -0.2) is 12.7 Å². The van der Waals surface area contributed by atoms with Gasteiger partial charge in [0.15, 0.2) is 0 Å². The van der Waals surface area contributed by atoms with Crippen LogP contribution in [0.4, 0.5) is 0 Å². The van der Waals surface area contributed by atoms with Crippen molar-refractivity contribution >= 4 is 16.0 Å². The summed E-state index contributed by atoms with van der Waals surface area (Å²) in [6, 6.07) is 0. The quantitative estimate of drug-likeness (QED) is 0.685. The van der Waals surface area contributed by atoms with Crippen LogP contribution in [0, 0.1) is 5.92 Å². The summed E-state index contributed by atoms with van der Waals surface area (Å²) in [5, 5.41) is 8.14. The van der Waals surface area contributed by atoms with Gasteiger partial charge in [0.1, 0.15) is 0 Å². The van der Waals surface area contributed by atoms with Gasteiger partial charge in [0.2, 0.25) is 10.0 Å². The lowest BCUT2D eigenvalue weighted by molar-refractivity contribution is -0.145. The molecule has 2 atom stereocenters. The van der Waals surface area contributed by atoms with Gasteiger partial charge in [-0.15, -0.1) is 0 Å². The van der Waals surface area contributed by atoms with Crippen molar-refractivity contribution in [3.8, 4) is 0 Å². The molecule has 1 aliphatic carbocycles. The Morgan fingerprint density at radius 1 is 1.42 bits per heavy atom. The number of ether oxygens (including phenoxy) is 1. The molecule has 1 fully saturated rings.